The molecule has 0 spiro atoms. The summed E-state index contributed by atoms with van der Waals surface area (Å²) in [6.07, 6.45) is 1.79. The first-order valence-corrected chi connectivity index (χ1v) is 10.1. The van der Waals surface area contributed by atoms with Crippen molar-refractivity contribution in [3.63, 3.8) is 0 Å². The Morgan fingerprint density at radius 3 is 2.65 bits per heavy atom. The fourth-order valence-corrected chi connectivity index (χ4v) is 5.24. The summed E-state index contributed by atoms with van der Waals surface area (Å²) in [4.78, 5) is 4.94. The third kappa shape index (κ3) is 3.87. The van der Waals surface area contributed by atoms with E-state index in [1.165, 1.54) is 0 Å². The predicted octanol–water partition coefficient (Wildman–Crippen LogP) is 2.25. The molecule has 2 heterocycles. The molecule has 1 aromatic rings. The number of fused-ring (bicyclic) bond motifs is 1. The van der Waals surface area contributed by atoms with Crippen LogP contribution in [0.2, 0.25) is 5.02 Å². The summed E-state index contributed by atoms with van der Waals surface area (Å²) in [6, 6.07) is 6.12. The molecule has 144 valence electrons. The van der Waals surface area contributed by atoms with E-state index in [0.29, 0.717) is 17.9 Å². The zero-order valence-corrected chi connectivity index (χ0v) is 16.2. The van der Waals surface area contributed by atoms with Crippen LogP contribution in [0.25, 0.3) is 0 Å². The summed E-state index contributed by atoms with van der Waals surface area (Å²) >= 11 is 6.18. The summed E-state index contributed by atoms with van der Waals surface area (Å²) in [5.74, 6) is 2.15. The summed E-state index contributed by atoms with van der Waals surface area (Å²) in [7, 11) is 1.71. The van der Waals surface area contributed by atoms with Gasteiger partial charge in [-0.05, 0) is 42.9 Å². The molecule has 0 radical (unpaired) electrons. The average Bonchev–Trinajstić information content (AvgIpc) is 3.03. The highest BCUT2D eigenvalue weighted by Crippen LogP contribution is 2.39. The van der Waals surface area contributed by atoms with Crippen molar-refractivity contribution in [2.24, 2.45) is 11.8 Å². The van der Waals surface area contributed by atoms with Gasteiger partial charge in [0, 0.05) is 49.4 Å². The number of aliphatic hydroxyl groups excluding tert-OH is 1. The minimum atomic E-state index is -0.213. The molecule has 3 fully saturated rings. The number of nitrogens with zero attached hydrogens (tertiary/aromatic N) is 2. The summed E-state index contributed by atoms with van der Waals surface area (Å²) in [5.41, 5.74) is 1.14. The lowest BCUT2D eigenvalue weighted by atomic mass is 9.77. The smallest absolute Gasteiger partial charge is 0.123 e. The van der Waals surface area contributed by atoms with E-state index in [9.17, 15) is 5.11 Å². The molecule has 1 saturated carbocycles. The van der Waals surface area contributed by atoms with Crippen LogP contribution in [0.5, 0.6) is 5.75 Å². The second-order valence-electron chi connectivity index (χ2n) is 7.92. The summed E-state index contributed by atoms with van der Waals surface area (Å²) in [6.45, 7) is 6.47. The molecule has 2 saturated heterocycles. The van der Waals surface area contributed by atoms with E-state index in [4.69, 9.17) is 21.1 Å². The average molecular weight is 381 g/mol. The van der Waals surface area contributed by atoms with Gasteiger partial charge in [-0.15, -0.1) is 0 Å². The minimum Gasteiger partial charge on any atom is -0.496 e. The van der Waals surface area contributed by atoms with Gasteiger partial charge in [0.15, 0.2) is 0 Å². The van der Waals surface area contributed by atoms with Gasteiger partial charge >= 0.3 is 0 Å². The zero-order chi connectivity index (χ0) is 18.1. The fraction of sp³-hybridized carbons (Fsp3) is 0.700. The molecule has 1 aliphatic carbocycles. The van der Waals surface area contributed by atoms with Crippen LogP contribution in [0.1, 0.15) is 18.4 Å². The molecule has 6 heteroatoms. The standard InChI is InChI=1S/C20H29ClN2O3/c1-25-20-3-2-17(21)8-16(20)13-22-11-14-9-18(19(24)10-15(14)12-22)23-4-6-26-7-5-23/h2-3,8,14-15,18-19,24H,4-7,9-13H2,1H3/t14-,15+,18-,19-/m1/s1. The van der Waals surface area contributed by atoms with E-state index >= 15 is 0 Å². The van der Waals surface area contributed by atoms with Gasteiger partial charge in [-0.1, -0.05) is 11.6 Å². The van der Waals surface area contributed by atoms with E-state index in [-0.39, 0.29) is 6.10 Å². The van der Waals surface area contributed by atoms with Crippen LogP contribution in [0, 0.1) is 11.8 Å². The van der Waals surface area contributed by atoms with Gasteiger partial charge < -0.3 is 14.6 Å². The molecule has 4 rings (SSSR count). The van der Waals surface area contributed by atoms with Gasteiger partial charge in [0.25, 0.3) is 0 Å². The van der Waals surface area contributed by atoms with Crippen molar-refractivity contribution < 1.29 is 14.6 Å². The van der Waals surface area contributed by atoms with Gasteiger partial charge in [-0.2, -0.15) is 0 Å². The molecular weight excluding hydrogens is 352 g/mol. The molecular formula is C20H29ClN2O3. The molecule has 0 amide bonds. The number of rotatable bonds is 4. The number of ether oxygens (including phenoxy) is 2. The van der Waals surface area contributed by atoms with Crippen molar-refractivity contribution in [1.82, 2.24) is 9.80 Å². The number of halogens is 1. The van der Waals surface area contributed by atoms with E-state index in [1.807, 2.05) is 18.2 Å². The summed E-state index contributed by atoms with van der Waals surface area (Å²) in [5, 5.41) is 11.5. The third-order valence-electron chi connectivity index (χ3n) is 6.34. The first-order chi connectivity index (χ1) is 12.6. The first-order valence-electron chi connectivity index (χ1n) is 9.68. The Kier molecular flexibility index (Phi) is 5.72. The van der Waals surface area contributed by atoms with Gasteiger partial charge in [-0.3, -0.25) is 9.80 Å². The Balaban J connectivity index is 1.41. The number of hydrogen-bond donors (Lipinski definition) is 1. The van der Waals surface area contributed by atoms with Crippen molar-refractivity contribution in [3.8, 4) is 5.75 Å². The van der Waals surface area contributed by atoms with Gasteiger partial charge in [0.2, 0.25) is 0 Å². The maximum atomic E-state index is 10.7. The molecule has 3 aliphatic rings. The minimum absolute atomic E-state index is 0.213. The number of benzene rings is 1. The number of hydrogen-bond acceptors (Lipinski definition) is 5. The highest BCUT2D eigenvalue weighted by Gasteiger charge is 2.43. The van der Waals surface area contributed by atoms with E-state index in [0.717, 1.165) is 75.1 Å². The Morgan fingerprint density at radius 1 is 1.19 bits per heavy atom. The fourth-order valence-electron chi connectivity index (χ4n) is 5.05. The van der Waals surface area contributed by atoms with Crippen LogP contribution in [-0.2, 0) is 11.3 Å². The van der Waals surface area contributed by atoms with Crippen LogP contribution >= 0.6 is 11.6 Å². The SMILES string of the molecule is COc1ccc(Cl)cc1CN1C[C@H]2C[C@@H](N3CCOCC3)[C@H](O)C[C@H]2C1. The quantitative estimate of drug-likeness (QED) is 0.868. The van der Waals surface area contributed by atoms with Gasteiger partial charge in [0.05, 0.1) is 26.4 Å². The zero-order valence-electron chi connectivity index (χ0n) is 15.4. The lowest BCUT2D eigenvalue weighted by Crippen LogP contribution is -2.53. The molecule has 26 heavy (non-hydrogen) atoms. The van der Waals surface area contributed by atoms with Crippen LogP contribution in [0.4, 0.5) is 0 Å². The van der Waals surface area contributed by atoms with Crippen LogP contribution < -0.4 is 4.74 Å². The van der Waals surface area contributed by atoms with E-state index < -0.39 is 0 Å². The Hall–Kier alpha value is -0.850. The maximum Gasteiger partial charge on any atom is 0.123 e. The molecule has 5 nitrogen and oxygen atoms in total. The van der Waals surface area contributed by atoms with Gasteiger partial charge in [0.1, 0.15) is 5.75 Å². The highest BCUT2D eigenvalue weighted by molar-refractivity contribution is 6.30. The van der Waals surface area contributed by atoms with Crippen molar-refractivity contribution in [2.75, 3.05) is 46.5 Å². The first kappa shape index (κ1) is 18.5. The van der Waals surface area contributed by atoms with Crippen molar-refractivity contribution in [2.45, 2.75) is 31.5 Å². The molecule has 1 N–H and O–H groups in total. The second-order valence-corrected chi connectivity index (χ2v) is 8.36. The Bertz CT molecular complexity index is 623. The third-order valence-corrected chi connectivity index (χ3v) is 6.57. The Morgan fingerprint density at radius 2 is 1.92 bits per heavy atom. The largest absolute Gasteiger partial charge is 0.496 e. The lowest BCUT2D eigenvalue weighted by molar-refractivity contribution is -0.0520. The molecule has 1 aromatic carbocycles. The number of methoxy groups -OCH3 is 1. The highest BCUT2D eigenvalue weighted by atomic mass is 35.5. The van der Waals surface area contributed by atoms with Crippen LogP contribution in [-0.4, -0.2) is 73.6 Å². The number of morpholine rings is 1. The maximum absolute atomic E-state index is 10.7. The van der Waals surface area contributed by atoms with Crippen molar-refractivity contribution >= 4 is 11.6 Å². The molecule has 2 aliphatic heterocycles. The van der Waals surface area contributed by atoms with Crippen molar-refractivity contribution in [3.05, 3.63) is 28.8 Å². The lowest BCUT2D eigenvalue weighted by Gasteiger charge is -2.43. The molecule has 0 bridgehead atoms. The predicted molar refractivity (Wildman–Crippen MR) is 102 cm³/mol. The molecule has 4 atom stereocenters. The monoisotopic (exact) mass is 380 g/mol. The van der Waals surface area contributed by atoms with E-state index in [1.54, 1.807) is 7.11 Å². The van der Waals surface area contributed by atoms with Crippen LogP contribution in [0.15, 0.2) is 18.2 Å². The van der Waals surface area contributed by atoms with Crippen molar-refractivity contribution in [1.29, 1.82) is 0 Å². The summed E-state index contributed by atoms with van der Waals surface area (Å²) < 4.78 is 11.0. The topological polar surface area (TPSA) is 45.2 Å². The number of likely N-dealkylation sites (tertiary alicyclic amines) is 1. The normalized spacial score (nSPS) is 33.2. The molecule has 0 aromatic heterocycles. The van der Waals surface area contributed by atoms with Gasteiger partial charge in [-0.25, -0.2) is 0 Å². The number of aliphatic hydroxyl groups is 1. The second kappa shape index (κ2) is 8.03. The Labute approximate surface area is 160 Å². The van der Waals surface area contributed by atoms with Crippen LogP contribution in [0.3, 0.4) is 0 Å². The molecule has 0 unspecified atom stereocenters. The van der Waals surface area contributed by atoms with E-state index in [2.05, 4.69) is 9.80 Å².